The molecule has 2 aromatic rings. The summed E-state index contributed by atoms with van der Waals surface area (Å²) in [4.78, 5) is 12.1. The quantitative estimate of drug-likeness (QED) is 0.772. The lowest BCUT2D eigenvalue weighted by Gasteiger charge is -2.09. The second-order valence-corrected chi connectivity index (χ2v) is 7.80. The van der Waals surface area contributed by atoms with E-state index in [-0.39, 0.29) is 12.6 Å². The number of esters is 1. The fourth-order valence-corrected chi connectivity index (χ4v) is 5.09. The van der Waals surface area contributed by atoms with Gasteiger partial charge in [0.1, 0.15) is 6.61 Å². The van der Waals surface area contributed by atoms with E-state index in [2.05, 4.69) is 6.07 Å². The third-order valence-corrected chi connectivity index (χ3v) is 6.60. The van der Waals surface area contributed by atoms with Gasteiger partial charge in [-0.3, -0.25) is 0 Å². The molecule has 0 bridgehead atoms. The Labute approximate surface area is 144 Å². The topological polar surface area (TPSA) is 50.1 Å². The molecular weight excluding hydrogens is 326 g/mol. The van der Waals surface area contributed by atoms with Gasteiger partial charge in [-0.25, -0.2) is 4.79 Å². The van der Waals surface area contributed by atoms with E-state index in [9.17, 15) is 4.79 Å². The molecule has 0 amide bonds. The molecule has 2 aromatic carbocycles. The van der Waals surface area contributed by atoms with Crippen molar-refractivity contribution in [2.45, 2.75) is 11.2 Å². The number of nitriles is 1. The van der Waals surface area contributed by atoms with Gasteiger partial charge in [-0.2, -0.15) is 5.26 Å². The number of thioether (sulfide) groups is 2. The van der Waals surface area contributed by atoms with Gasteiger partial charge in [0.05, 0.1) is 21.8 Å². The zero-order chi connectivity index (χ0) is 16.1. The maximum Gasteiger partial charge on any atom is 0.338 e. The minimum atomic E-state index is -0.326. The van der Waals surface area contributed by atoms with E-state index in [0.717, 1.165) is 5.56 Å². The van der Waals surface area contributed by atoms with Crippen LogP contribution >= 0.6 is 23.5 Å². The molecule has 0 atom stereocenters. The zero-order valence-corrected chi connectivity index (χ0v) is 14.0. The molecule has 0 radical (unpaired) electrons. The third-order valence-electron chi connectivity index (χ3n) is 3.49. The summed E-state index contributed by atoms with van der Waals surface area (Å²) in [5.74, 6) is 2.04. The van der Waals surface area contributed by atoms with Crippen LogP contribution in [0, 0.1) is 11.3 Å². The molecule has 1 heterocycles. The highest BCUT2D eigenvalue weighted by Crippen LogP contribution is 2.45. The maximum atomic E-state index is 12.1. The molecule has 0 spiro atoms. The number of nitrogens with zero attached hydrogens (tertiary/aromatic N) is 1. The zero-order valence-electron chi connectivity index (χ0n) is 12.4. The van der Waals surface area contributed by atoms with Crippen LogP contribution in [-0.2, 0) is 11.3 Å². The number of carbonyl (C=O) groups is 1. The van der Waals surface area contributed by atoms with E-state index in [0.29, 0.717) is 15.7 Å². The Hall–Kier alpha value is -1.90. The first-order chi connectivity index (χ1) is 11.3. The Bertz CT molecular complexity index is 714. The lowest BCUT2D eigenvalue weighted by Crippen LogP contribution is -2.05. The standard InChI is InChI=1S/C18H15NO2S2/c19-11-13-1-3-14(4-2-13)12-21-17(20)15-5-7-16(8-6-15)18-22-9-10-23-18/h1-8,18H,9-10,12H2. The van der Waals surface area contributed by atoms with Crippen LogP contribution in [0.4, 0.5) is 0 Å². The van der Waals surface area contributed by atoms with Crippen LogP contribution in [0.5, 0.6) is 0 Å². The van der Waals surface area contributed by atoms with Crippen LogP contribution in [0.3, 0.4) is 0 Å². The molecule has 1 aliphatic heterocycles. The molecule has 116 valence electrons. The Balaban J connectivity index is 1.58. The highest BCUT2D eigenvalue weighted by atomic mass is 32.2. The second-order valence-electron chi connectivity index (χ2n) is 5.08. The SMILES string of the molecule is N#Cc1ccc(COC(=O)c2ccc(C3SCCS3)cc2)cc1. The van der Waals surface area contributed by atoms with Crippen molar-refractivity contribution >= 4 is 29.5 Å². The smallest absolute Gasteiger partial charge is 0.338 e. The van der Waals surface area contributed by atoms with Crippen LogP contribution in [0.2, 0.25) is 0 Å². The maximum absolute atomic E-state index is 12.1. The summed E-state index contributed by atoms with van der Waals surface area (Å²) < 4.78 is 5.81. The van der Waals surface area contributed by atoms with Crippen molar-refractivity contribution in [3.8, 4) is 6.07 Å². The number of hydrogen-bond acceptors (Lipinski definition) is 5. The van der Waals surface area contributed by atoms with Crippen LogP contribution in [0.15, 0.2) is 48.5 Å². The predicted molar refractivity (Wildman–Crippen MR) is 94.4 cm³/mol. The van der Waals surface area contributed by atoms with E-state index in [1.54, 1.807) is 24.3 Å². The Morgan fingerprint density at radius 2 is 1.74 bits per heavy atom. The third kappa shape index (κ3) is 4.10. The van der Waals surface area contributed by atoms with Gasteiger partial charge in [0.2, 0.25) is 0 Å². The molecule has 1 fully saturated rings. The van der Waals surface area contributed by atoms with Crippen molar-refractivity contribution in [2.24, 2.45) is 0 Å². The molecule has 3 rings (SSSR count). The largest absolute Gasteiger partial charge is 0.457 e. The molecule has 0 aliphatic carbocycles. The number of ether oxygens (including phenoxy) is 1. The predicted octanol–water partition coefficient (Wildman–Crippen LogP) is 4.39. The van der Waals surface area contributed by atoms with E-state index in [1.165, 1.54) is 17.1 Å². The van der Waals surface area contributed by atoms with Gasteiger partial charge >= 0.3 is 5.97 Å². The van der Waals surface area contributed by atoms with Crippen molar-refractivity contribution < 1.29 is 9.53 Å². The van der Waals surface area contributed by atoms with Crippen LogP contribution < -0.4 is 0 Å². The molecule has 23 heavy (non-hydrogen) atoms. The molecule has 0 aromatic heterocycles. The Morgan fingerprint density at radius 3 is 2.35 bits per heavy atom. The summed E-state index contributed by atoms with van der Waals surface area (Å²) in [6.07, 6.45) is 0. The molecule has 0 unspecified atom stereocenters. The van der Waals surface area contributed by atoms with Crippen LogP contribution in [0.1, 0.15) is 31.6 Å². The normalized spacial score (nSPS) is 14.4. The fourth-order valence-electron chi connectivity index (χ4n) is 2.23. The Morgan fingerprint density at radius 1 is 1.09 bits per heavy atom. The highest BCUT2D eigenvalue weighted by Gasteiger charge is 2.18. The summed E-state index contributed by atoms with van der Waals surface area (Å²) in [6, 6.07) is 16.8. The van der Waals surface area contributed by atoms with Crippen molar-refractivity contribution in [1.82, 2.24) is 0 Å². The van der Waals surface area contributed by atoms with E-state index < -0.39 is 0 Å². The number of rotatable bonds is 4. The van der Waals surface area contributed by atoms with Crippen LogP contribution in [-0.4, -0.2) is 17.5 Å². The van der Waals surface area contributed by atoms with Crippen molar-refractivity contribution in [3.63, 3.8) is 0 Å². The summed E-state index contributed by atoms with van der Waals surface area (Å²) in [6.45, 7) is 0.209. The molecule has 5 heteroatoms. The minimum Gasteiger partial charge on any atom is -0.457 e. The number of hydrogen-bond donors (Lipinski definition) is 0. The monoisotopic (exact) mass is 341 g/mol. The highest BCUT2D eigenvalue weighted by molar-refractivity contribution is 8.19. The van der Waals surface area contributed by atoms with E-state index in [1.807, 2.05) is 47.8 Å². The van der Waals surface area contributed by atoms with Crippen molar-refractivity contribution in [3.05, 3.63) is 70.8 Å². The summed E-state index contributed by atoms with van der Waals surface area (Å²) in [5.41, 5.74) is 3.28. The van der Waals surface area contributed by atoms with Gasteiger partial charge in [-0.1, -0.05) is 24.3 Å². The first kappa shape index (κ1) is 16.0. The van der Waals surface area contributed by atoms with Gasteiger partial charge < -0.3 is 4.74 Å². The average molecular weight is 341 g/mol. The molecule has 3 nitrogen and oxygen atoms in total. The molecular formula is C18H15NO2S2. The molecule has 0 N–H and O–H groups in total. The van der Waals surface area contributed by atoms with Crippen molar-refractivity contribution in [1.29, 1.82) is 5.26 Å². The Kier molecular flexibility index (Phi) is 5.27. The number of benzene rings is 2. The summed E-state index contributed by atoms with van der Waals surface area (Å²) in [7, 11) is 0. The van der Waals surface area contributed by atoms with Gasteiger partial charge in [0, 0.05) is 11.5 Å². The van der Waals surface area contributed by atoms with E-state index in [4.69, 9.17) is 10.00 Å². The fraction of sp³-hybridized carbons (Fsp3) is 0.222. The van der Waals surface area contributed by atoms with Gasteiger partial charge in [-0.15, -0.1) is 23.5 Å². The minimum absolute atomic E-state index is 0.209. The first-order valence-electron chi connectivity index (χ1n) is 7.25. The molecule has 1 saturated heterocycles. The number of carbonyl (C=O) groups excluding carboxylic acids is 1. The second kappa shape index (κ2) is 7.58. The lowest BCUT2D eigenvalue weighted by atomic mass is 10.1. The van der Waals surface area contributed by atoms with Gasteiger partial charge in [0.15, 0.2) is 0 Å². The average Bonchev–Trinajstić information content (AvgIpc) is 3.15. The first-order valence-corrected chi connectivity index (χ1v) is 9.35. The summed E-state index contributed by atoms with van der Waals surface area (Å²) in [5, 5.41) is 8.76. The molecule has 0 saturated carbocycles. The van der Waals surface area contributed by atoms with E-state index >= 15 is 0 Å². The van der Waals surface area contributed by atoms with Crippen LogP contribution in [0.25, 0.3) is 0 Å². The molecule has 1 aliphatic rings. The van der Waals surface area contributed by atoms with Gasteiger partial charge in [0.25, 0.3) is 0 Å². The summed E-state index contributed by atoms with van der Waals surface area (Å²) >= 11 is 3.89. The lowest BCUT2D eigenvalue weighted by molar-refractivity contribution is 0.0472. The van der Waals surface area contributed by atoms with Crippen molar-refractivity contribution in [2.75, 3.05) is 11.5 Å². The van der Waals surface area contributed by atoms with Gasteiger partial charge in [-0.05, 0) is 35.4 Å².